The van der Waals surface area contributed by atoms with Gasteiger partial charge in [-0.3, -0.25) is 9.52 Å². The molecule has 10 heteroatoms. The third kappa shape index (κ3) is 6.25. The summed E-state index contributed by atoms with van der Waals surface area (Å²) in [5.74, 6) is 0.0556. The highest BCUT2D eigenvalue weighted by atomic mass is 32.2. The number of sulfonamides is 1. The van der Waals surface area contributed by atoms with Crippen LogP contribution in [0, 0.1) is 5.92 Å². The molecule has 0 spiro atoms. The summed E-state index contributed by atoms with van der Waals surface area (Å²) >= 11 is 4.80. The van der Waals surface area contributed by atoms with E-state index in [2.05, 4.69) is 19.9 Å². The quantitative estimate of drug-likeness (QED) is 0.344. The van der Waals surface area contributed by atoms with Crippen LogP contribution in [0.15, 0.2) is 64.5 Å². The summed E-state index contributed by atoms with van der Waals surface area (Å²) in [5, 5.41) is 2.79. The Morgan fingerprint density at radius 2 is 1.81 bits per heavy atom. The summed E-state index contributed by atoms with van der Waals surface area (Å²) in [6, 6.07) is 16.4. The van der Waals surface area contributed by atoms with E-state index in [-0.39, 0.29) is 24.7 Å². The van der Waals surface area contributed by atoms with Gasteiger partial charge >= 0.3 is 0 Å². The van der Waals surface area contributed by atoms with Crippen LogP contribution in [0.2, 0.25) is 0 Å². The van der Waals surface area contributed by atoms with Gasteiger partial charge in [-0.25, -0.2) is 13.4 Å². The van der Waals surface area contributed by atoms with Gasteiger partial charge < -0.3 is 16.0 Å². The Balaban J connectivity index is 0.00000272. The molecule has 1 fully saturated rings. The maximum atomic E-state index is 12.5. The van der Waals surface area contributed by atoms with Crippen LogP contribution in [0.1, 0.15) is 21.3 Å². The molecule has 8 nitrogen and oxygen atoms in total. The average molecular weight is 464 g/mol. The largest absolute Gasteiger partial charge is 0.390 e. The van der Waals surface area contributed by atoms with Crippen LogP contribution in [0.5, 0.6) is 0 Å². The molecule has 1 aliphatic rings. The van der Waals surface area contributed by atoms with E-state index in [1.807, 2.05) is 30.3 Å². The normalized spacial score (nSPS) is 15.0. The molecule has 0 atom stereocenters. The predicted molar refractivity (Wildman–Crippen MR) is 129 cm³/mol. The molecule has 0 aromatic heterocycles. The van der Waals surface area contributed by atoms with E-state index in [4.69, 9.17) is 18.0 Å². The molecule has 0 saturated carbocycles. The van der Waals surface area contributed by atoms with Crippen LogP contribution in [-0.4, -0.2) is 38.9 Å². The minimum atomic E-state index is -3.81. The highest BCUT2D eigenvalue weighted by Gasteiger charge is 2.25. The van der Waals surface area contributed by atoms with Crippen molar-refractivity contribution in [2.24, 2.45) is 16.6 Å². The van der Waals surface area contributed by atoms with E-state index in [1.165, 1.54) is 12.1 Å². The Morgan fingerprint density at radius 3 is 2.42 bits per heavy atom. The van der Waals surface area contributed by atoms with Crippen molar-refractivity contribution < 1.29 is 16.1 Å². The lowest BCUT2D eigenvalue weighted by atomic mass is 9.95. The molecule has 0 bridgehead atoms. The lowest BCUT2D eigenvalue weighted by molar-refractivity contribution is -0.125. The molecule has 3 rings (SSSR count). The predicted octanol–water partition coefficient (Wildman–Crippen LogP) is 2.26. The van der Waals surface area contributed by atoms with Crippen molar-refractivity contribution in [3.05, 3.63) is 60.2 Å². The number of nitrogens with zero attached hydrogens (tertiary/aromatic N) is 2. The van der Waals surface area contributed by atoms with E-state index >= 15 is 0 Å². The van der Waals surface area contributed by atoms with Crippen LogP contribution in [0.4, 0.5) is 5.69 Å². The molecule has 0 aliphatic carbocycles. The van der Waals surface area contributed by atoms with Crippen molar-refractivity contribution in [1.82, 2.24) is 10.0 Å². The Bertz CT molecular complexity index is 1040. The Labute approximate surface area is 190 Å². The number of rotatable bonds is 6. The first-order chi connectivity index (χ1) is 14.9. The first-order valence-corrected chi connectivity index (χ1v) is 11.8. The van der Waals surface area contributed by atoms with Crippen LogP contribution in [0.3, 0.4) is 0 Å². The number of hydrogen-bond donors (Lipinski definition) is 3. The van der Waals surface area contributed by atoms with Gasteiger partial charge in [-0.1, -0.05) is 30.3 Å². The highest BCUT2D eigenvalue weighted by molar-refractivity contribution is 7.91. The van der Waals surface area contributed by atoms with Crippen molar-refractivity contribution in [2.75, 3.05) is 18.0 Å². The van der Waals surface area contributed by atoms with Crippen LogP contribution >= 0.6 is 12.2 Å². The van der Waals surface area contributed by atoms with Gasteiger partial charge in [-0.05, 0) is 54.9 Å². The number of nitrogens with two attached hydrogens (primary N) is 1. The summed E-state index contributed by atoms with van der Waals surface area (Å²) in [7, 11) is -3.81. The SMILES string of the molecule is NC=NC(=S)NS(=O)(=O)c1ccc(N2CCC(C(=O)NCc3ccccc3)CC2)cc1.[HH].[HH]. The monoisotopic (exact) mass is 463 g/mol. The summed E-state index contributed by atoms with van der Waals surface area (Å²) in [4.78, 5) is 18.2. The third-order valence-corrected chi connectivity index (χ3v) is 6.79. The smallest absolute Gasteiger partial charge is 0.263 e. The molecular formula is C21H29N5O3S2. The van der Waals surface area contributed by atoms with Crippen molar-refractivity contribution in [1.29, 1.82) is 0 Å². The van der Waals surface area contributed by atoms with E-state index < -0.39 is 10.0 Å². The molecular weight excluding hydrogens is 434 g/mol. The molecule has 1 heterocycles. The minimum Gasteiger partial charge on any atom is -0.390 e. The van der Waals surface area contributed by atoms with Crippen molar-refractivity contribution in [3.63, 3.8) is 0 Å². The molecule has 1 saturated heterocycles. The zero-order valence-electron chi connectivity index (χ0n) is 16.9. The Morgan fingerprint density at radius 1 is 1.16 bits per heavy atom. The van der Waals surface area contributed by atoms with Gasteiger partial charge in [0.25, 0.3) is 10.0 Å². The Hall–Kier alpha value is -2.98. The van der Waals surface area contributed by atoms with Gasteiger partial charge in [-0.2, -0.15) is 0 Å². The topological polar surface area (TPSA) is 117 Å². The Kier molecular flexibility index (Phi) is 7.59. The van der Waals surface area contributed by atoms with Crippen molar-refractivity contribution >= 4 is 45.3 Å². The first-order valence-electron chi connectivity index (χ1n) is 9.87. The second-order valence-electron chi connectivity index (χ2n) is 7.15. The molecule has 2 aromatic carbocycles. The minimum absolute atomic E-state index is 0. The molecule has 0 radical (unpaired) electrons. The fourth-order valence-corrected chi connectivity index (χ4v) is 4.72. The van der Waals surface area contributed by atoms with E-state index in [9.17, 15) is 13.2 Å². The maximum Gasteiger partial charge on any atom is 0.263 e. The van der Waals surface area contributed by atoms with Gasteiger partial charge in [0.15, 0.2) is 0 Å². The lowest BCUT2D eigenvalue weighted by Crippen LogP contribution is -2.40. The first kappa shape index (κ1) is 22.7. The summed E-state index contributed by atoms with van der Waals surface area (Å²) in [6.45, 7) is 1.98. The number of amides is 1. The second-order valence-corrected chi connectivity index (χ2v) is 9.22. The van der Waals surface area contributed by atoms with Gasteiger partial charge in [0.1, 0.15) is 0 Å². The maximum absolute atomic E-state index is 12.5. The summed E-state index contributed by atoms with van der Waals surface area (Å²) < 4.78 is 26.8. The van der Waals surface area contributed by atoms with Gasteiger partial charge in [0, 0.05) is 34.1 Å². The van der Waals surface area contributed by atoms with Crippen LogP contribution in [0.25, 0.3) is 0 Å². The fraction of sp³-hybridized carbons (Fsp3) is 0.286. The highest BCUT2D eigenvalue weighted by Crippen LogP contribution is 2.25. The fourth-order valence-electron chi connectivity index (χ4n) is 3.43. The van der Waals surface area contributed by atoms with Gasteiger partial charge in [-0.15, -0.1) is 0 Å². The summed E-state index contributed by atoms with van der Waals surface area (Å²) in [5.41, 5.74) is 7.10. The average Bonchev–Trinajstić information content (AvgIpc) is 2.78. The van der Waals surface area contributed by atoms with Crippen LogP contribution in [-0.2, 0) is 21.4 Å². The van der Waals surface area contributed by atoms with E-state index in [0.29, 0.717) is 6.54 Å². The number of nitrogens with one attached hydrogen (secondary N) is 2. The van der Waals surface area contributed by atoms with E-state index in [0.717, 1.165) is 43.5 Å². The molecule has 168 valence electrons. The standard InChI is InChI=1S/C21H25N5O3S2.2H2/c22-15-24-21(30)25-31(28,29)19-8-6-18(7-9-19)26-12-10-17(11-13-26)20(27)23-14-16-4-2-1-3-5-16;;/h1-9,15,17H,10-14H2,(H,23,27)(H3,22,24,25,30);2*1H. The number of piperidine rings is 1. The van der Waals surface area contributed by atoms with Crippen molar-refractivity contribution in [3.8, 4) is 0 Å². The number of hydrogen-bond acceptors (Lipinski definition) is 5. The molecule has 1 aliphatic heterocycles. The zero-order chi connectivity index (χ0) is 22.3. The van der Waals surface area contributed by atoms with Gasteiger partial charge in [0.2, 0.25) is 11.0 Å². The summed E-state index contributed by atoms with van der Waals surface area (Å²) in [6.07, 6.45) is 2.42. The third-order valence-electron chi connectivity index (χ3n) is 5.10. The van der Waals surface area contributed by atoms with Crippen LogP contribution < -0.4 is 20.7 Å². The number of thiocarbonyl (C=S) groups is 1. The lowest BCUT2D eigenvalue weighted by Gasteiger charge is -2.33. The number of carbonyl (C=O) groups excluding carboxylic acids is 1. The van der Waals surface area contributed by atoms with E-state index in [1.54, 1.807) is 12.1 Å². The number of aliphatic imine (C=N–C) groups is 1. The molecule has 0 unspecified atom stereocenters. The molecule has 4 N–H and O–H groups in total. The number of benzene rings is 2. The van der Waals surface area contributed by atoms with Crippen molar-refractivity contribution in [2.45, 2.75) is 24.3 Å². The molecule has 2 aromatic rings. The number of carbonyl (C=O) groups is 1. The van der Waals surface area contributed by atoms with Gasteiger partial charge in [0.05, 0.1) is 11.2 Å². The molecule has 31 heavy (non-hydrogen) atoms. The molecule has 1 amide bonds. The zero-order valence-corrected chi connectivity index (χ0v) is 18.5. The second kappa shape index (κ2) is 10.4. The number of anilines is 1.